The normalized spacial score (nSPS) is 15.7. The smallest absolute Gasteiger partial charge is 0.284 e. The third kappa shape index (κ3) is 3.55. The van der Waals surface area contributed by atoms with Gasteiger partial charge in [-0.2, -0.15) is 0 Å². The third-order valence-electron chi connectivity index (χ3n) is 3.30. The van der Waals surface area contributed by atoms with Crippen LogP contribution in [0.5, 0.6) is 11.5 Å². The van der Waals surface area contributed by atoms with Gasteiger partial charge in [-0.1, -0.05) is 58.0 Å². The summed E-state index contributed by atoms with van der Waals surface area (Å²) in [5, 5.41) is 11.0. The molecule has 0 fully saturated rings. The van der Waals surface area contributed by atoms with Crippen LogP contribution in [0.25, 0.3) is 6.08 Å². The maximum Gasteiger partial charge on any atom is 0.284 e. The number of hydrogen-bond donors (Lipinski definition) is 1. The van der Waals surface area contributed by atoms with Gasteiger partial charge in [-0.15, -0.1) is 0 Å². The highest BCUT2D eigenvalue weighted by atomic mass is 79.9. The predicted molar refractivity (Wildman–Crippen MR) is 101 cm³/mol. The van der Waals surface area contributed by atoms with E-state index < -0.39 is 0 Å². The Morgan fingerprint density at radius 1 is 1.29 bits per heavy atom. The Morgan fingerprint density at radius 3 is 2.75 bits per heavy atom. The van der Waals surface area contributed by atoms with Gasteiger partial charge in [0.05, 0.1) is 11.5 Å². The molecule has 1 aliphatic heterocycles. The number of aromatic hydroxyl groups is 1. The van der Waals surface area contributed by atoms with Crippen LogP contribution < -0.4 is 4.74 Å². The Bertz CT molecular complexity index is 847. The van der Waals surface area contributed by atoms with Gasteiger partial charge >= 0.3 is 0 Å². The third-order valence-corrected chi connectivity index (χ3v) is 4.79. The molecular formula is C18H14BrNO3S. The highest BCUT2D eigenvalue weighted by molar-refractivity contribution is 9.10. The summed E-state index contributed by atoms with van der Waals surface area (Å²) in [4.78, 5) is 16.7. The van der Waals surface area contributed by atoms with Crippen LogP contribution in [0, 0.1) is 0 Å². The first-order valence-corrected chi connectivity index (χ1v) is 8.92. The number of halogens is 1. The molecule has 4 nitrogen and oxygen atoms in total. The van der Waals surface area contributed by atoms with Crippen molar-refractivity contribution in [1.82, 2.24) is 0 Å². The number of hydrogen-bond acceptors (Lipinski definition) is 4. The van der Waals surface area contributed by atoms with Crippen LogP contribution in [-0.4, -0.2) is 22.7 Å². The number of benzene rings is 2. The van der Waals surface area contributed by atoms with E-state index >= 15 is 0 Å². The summed E-state index contributed by atoms with van der Waals surface area (Å²) in [7, 11) is 0. The number of phenols is 1. The fourth-order valence-electron chi connectivity index (χ4n) is 2.22. The van der Waals surface area contributed by atoms with E-state index in [1.54, 1.807) is 18.2 Å². The lowest BCUT2D eigenvalue weighted by Gasteiger charge is -2.09. The largest absolute Gasteiger partial charge is 0.504 e. The molecule has 0 radical (unpaired) electrons. The van der Waals surface area contributed by atoms with E-state index in [2.05, 4.69) is 20.9 Å². The minimum absolute atomic E-state index is 0.00844. The Balaban J connectivity index is 1.92. The van der Waals surface area contributed by atoms with Gasteiger partial charge in [0.2, 0.25) is 0 Å². The van der Waals surface area contributed by atoms with Gasteiger partial charge in [-0.05, 0) is 25.1 Å². The maximum atomic E-state index is 12.2. The summed E-state index contributed by atoms with van der Waals surface area (Å²) in [5.41, 5.74) is 1.40. The first kappa shape index (κ1) is 16.8. The Kier molecular flexibility index (Phi) is 5.06. The lowest BCUT2D eigenvalue weighted by molar-refractivity contribution is -0.113. The van der Waals surface area contributed by atoms with Crippen LogP contribution in [0.3, 0.4) is 0 Å². The van der Waals surface area contributed by atoms with Gasteiger partial charge < -0.3 is 9.84 Å². The summed E-state index contributed by atoms with van der Waals surface area (Å²) in [5.74, 6) is 0.0728. The molecule has 0 saturated carbocycles. The van der Waals surface area contributed by atoms with Crippen LogP contribution >= 0.6 is 27.7 Å². The second-order valence-electron chi connectivity index (χ2n) is 4.97. The molecule has 1 aliphatic rings. The highest BCUT2D eigenvalue weighted by Crippen LogP contribution is 2.38. The number of nitrogens with zero attached hydrogens (tertiary/aromatic N) is 1. The van der Waals surface area contributed by atoms with E-state index in [0.29, 0.717) is 27.9 Å². The second-order valence-corrected chi connectivity index (χ2v) is 6.92. The zero-order chi connectivity index (χ0) is 17.1. The minimum Gasteiger partial charge on any atom is -0.504 e. The summed E-state index contributed by atoms with van der Waals surface area (Å²) in [6, 6.07) is 13.0. The fraction of sp³-hybridized carbons (Fsp3) is 0.111. The van der Waals surface area contributed by atoms with E-state index in [9.17, 15) is 9.90 Å². The molecule has 24 heavy (non-hydrogen) atoms. The molecule has 3 rings (SSSR count). The molecule has 1 amide bonds. The number of phenolic OH excluding ortho intramolecular Hbond substituents is 1. The zero-order valence-electron chi connectivity index (χ0n) is 12.8. The van der Waals surface area contributed by atoms with Crippen molar-refractivity contribution in [3.05, 3.63) is 63.0 Å². The number of ether oxygens (including phenoxy) is 1. The quantitative estimate of drug-likeness (QED) is 0.756. The molecule has 1 N–H and O–H groups in total. The maximum absolute atomic E-state index is 12.2. The average molecular weight is 404 g/mol. The van der Waals surface area contributed by atoms with Crippen LogP contribution in [-0.2, 0) is 4.79 Å². The van der Waals surface area contributed by atoms with Crippen LogP contribution in [0.1, 0.15) is 18.1 Å². The molecule has 0 saturated heterocycles. The van der Waals surface area contributed by atoms with Gasteiger partial charge in [0, 0.05) is 15.6 Å². The van der Waals surface area contributed by atoms with Gasteiger partial charge in [-0.25, -0.2) is 4.99 Å². The van der Waals surface area contributed by atoms with E-state index in [0.717, 1.165) is 10.0 Å². The molecule has 6 heteroatoms. The molecule has 0 unspecified atom stereocenters. The lowest BCUT2D eigenvalue weighted by Crippen LogP contribution is -1.94. The summed E-state index contributed by atoms with van der Waals surface area (Å²) in [6.07, 6.45) is 1.63. The van der Waals surface area contributed by atoms with Crippen molar-refractivity contribution in [2.45, 2.75) is 6.92 Å². The SMILES string of the molecule is CCOc1cc(Br)cc(/C=C2/SC(c3ccccc3)=NC2=O)c1O. The predicted octanol–water partition coefficient (Wildman–Crippen LogP) is 4.61. The molecule has 0 bridgehead atoms. The average Bonchev–Trinajstić information content (AvgIpc) is 2.94. The second kappa shape index (κ2) is 7.23. The van der Waals surface area contributed by atoms with Gasteiger partial charge in [0.1, 0.15) is 5.04 Å². The van der Waals surface area contributed by atoms with Crippen molar-refractivity contribution in [2.75, 3.05) is 6.61 Å². The lowest BCUT2D eigenvalue weighted by atomic mass is 10.1. The molecule has 122 valence electrons. The molecule has 1 heterocycles. The first-order valence-electron chi connectivity index (χ1n) is 7.31. The van der Waals surface area contributed by atoms with Crippen molar-refractivity contribution in [3.63, 3.8) is 0 Å². The van der Waals surface area contributed by atoms with Crippen molar-refractivity contribution < 1.29 is 14.6 Å². The van der Waals surface area contributed by atoms with Crippen molar-refractivity contribution in [2.24, 2.45) is 4.99 Å². The molecule has 0 aliphatic carbocycles. The number of thioether (sulfide) groups is 1. The van der Waals surface area contributed by atoms with Crippen molar-refractivity contribution >= 4 is 44.7 Å². The topological polar surface area (TPSA) is 58.9 Å². The van der Waals surface area contributed by atoms with Crippen LogP contribution in [0.4, 0.5) is 0 Å². The zero-order valence-corrected chi connectivity index (χ0v) is 15.2. The van der Waals surface area contributed by atoms with Crippen molar-refractivity contribution in [1.29, 1.82) is 0 Å². The molecule has 0 atom stereocenters. The fourth-order valence-corrected chi connectivity index (χ4v) is 3.59. The Labute approximate surface area is 152 Å². The van der Waals surface area contributed by atoms with E-state index in [1.165, 1.54) is 11.8 Å². The van der Waals surface area contributed by atoms with Crippen LogP contribution in [0.2, 0.25) is 0 Å². The monoisotopic (exact) mass is 403 g/mol. The van der Waals surface area contributed by atoms with E-state index in [4.69, 9.17) is 4.74 Å². The van der Waals surface area contributed by atoms with Crippen molar-refractivity contribution in [3.8, 4) is 11.5 Å². The highest BCUT2D eigenvalue weighted by Gasteiger charge is 2.23. The standard InChI is InChI=1S/C18H14BrNO3S/c1-2-23-14-10-13(19)8-12(16(14)21)9-15-17(22)20-18(24-15)11-6-4-3-5-7-11/h3-10,21H,2H2,1H3/b15-9+. The van der Waals surface area contributed by atoms with Gasteiger partial charge in [0.15, 0.2) is 11.5 Å². The Morgan fingerprint density at radius 2 is 2.04 bits per heavy atom. The Hall–Kier alpha value is -2.05. The molecule has 2 aromatic carbocycles. The molecule has 0 aromatic heterocycles. The van der Waals surface area contributed by atoms with Gasteiger partial charge in [-0.3, -0.25) is 4.79 Å². The number of carbonyl (C=O) groups is 1. The summed E-state index contributed by atoms with van der Waals surface area (Å²) in [6.45, 7) is 2.28. The number of amides is 1. The summed E-state index contributed by atoms with van der Waals surface area (Å²) >= 11 is 4.68. The molecular weight excluding hydrogens is 390 g/mol. The number of rotatable bonds is 4. The van der Waals surface area contributed by atoms with Gasteiger partial charge in [0.25, 0.3) is 5.91 Å². The number of aliphatic imine (C=N–C) groups is 1. The molecule has 2 aromatic rings. The van der Waals surface area contributed by atoms with Crippen LogP contribution in [0.15, 0.2) is 56.8 Å². The molecule has 0 spiro atoms. The minimum atomic E-state index is -0.309. The van der Waals surface area contributed by atoms with E-state index in [1.807, 2.05) is 37.3 Å². The first-order chi connectivity index (χ1) is 11.6. The summed E-state index contributed by atoms with van der Waals surface area (Å²) < 4.78 is 6.17. The number of carbonyl (C=O) groups excluding carboxylic acids is 1. The van der Waals surface area contributed by atoms with E-state index in [-0.39, 0.29) is 11.7 Å².